The van der Waals surface area contributed by atoms with Crippen molar-refractivity contribution in [2.75, 3.05) is 11.4 Å². The van der Waals surface area contributed by atoms with Gasteiger partial charge in [0.15, 0.2) is 0 Å². The maximum Gasteiger partial charge on any atom is 0.501 e. The number of fused-ring (bicyclic) bond motifs is 1. The minimum Gasteiger partial charge on any atom is -0.356 e. The zero-order chi connectivity index (χ0) is 22.1. The van der Waals surface area contributed by atoms with Crippen molar-refractivity contribution >= 4 is 26.4 Å². The van der Waals surface area contributed by atoms with Crippen LogP contribution in [0.5, 0.6) is 0 Å². The number of aryl methyl sites for hydroxylation is 1. The normalized spacial score (nSPS) is 12.0. The summed E-state index contributed by atoms with van der Waals surface area (Å²) in [6.45, 7) is 2.04. The number of rotatable bonds is 5. The fourth-order valence-corrected chi connectivity index (χ4v) is 3.70. The average molecular weight is 435 g/mol. The summed E-state index contributed by atoms with van der Waals surface area (Å²) in [7, 11) is -5.43. The van der Waals surface area contributed by atoms with Crippen LogP contribution in [0.2, 0.25) is 0 Å². The van der Waals surface area contributed by atoms with E-state index in [0.717, 1.165) is 17.7 Å². The van der Waals surface area contributed by atoms with Crippen LogP contribution < -0.4 is 10.5 Å². The Balaban J connectivity index is 1.93. The highest BCUT2D eigenvalue weighted by Crippen LogP contribution is 2.31. The van der Waals surface area contributed by atoms with Crippen molar-refractivity contribution in [2.24, 2.45) is 0 Å². The van der Waals surface area contributed by atoms with Gasteiger partial charge >= 0.3 is 5.51 Å². The van der Waals surface area contributed by atoms with Crippen molar-refractivity contribution in [1.29, 1.82) is 0 Å². The van der Waals surface area contributed by atoms with Gasteiger partial charge in [-0.15, -0.1) is 6.42 Å². The van der Waals surface area contributed by atoms with E-state index in [1.807, 2.05) is 0 Å². The van der Waals surface area contributed by atoms with Crippen LogP contribution in [-0.2, 0) is 16.4 Å². The van der Waals surface area contributed by atoms with E-state index in [9.17, 15) is 26.4 Å². The van der Waals surface area contributed by atoms with E-state index in [2.05, 4.69) is 15.9 Å². The van der Waals surface area contributed by atoms with Crippen LogP contribution in [-0.4, -0.2) is 30.4 Å². The summed E-state index contributed by atoms with van der Waals surface area (Å²) in [5, 5.41) is 0.394. The molecule has 0 unspecified atom stereocenters. The summed E-state index contributed by atoms with van der Waals surface area (Å²) in [6, 6.07) is 9.41. The Morgan fingerprint density at radius 1 is 1.17 bits per heavy atom. The summed E-state index contributed by atoms with van der Waals surface area (Å²) in [5.74, 6) is 2.95. The van der Waals surface area contributed by atoms with Crippen molar-refractivity contribution in [3.8, 4) is 12.3 Å². The van der Waals surface area contributed by atoms with Crippen LogP contribution in [0.15, 0.2) is 52.2 Å². The zero-order valence-electron chi connectivity index (χ0n) is 15.7. The second kappa shape index (κ2) is 7.84. The molecule has 0 aliphatic carbocycles. The third kappa shape index (κ3) is 4.16. The van der Waals surface area contributed by atoms with Gasteiger partial charge in [-0.25, -0.2) is 13.4 Å². The molecule has 0 aliphatic heterocycles. The van der Waals surface area contributed by atoms with Crippen LogP contribution in [0.1, 0.15) is 11.4 Å². The van der Waals surface area contributed by atoms with E-state index >= 15 is 0 Å². The van der Waals surface area contributed by atoms with Gasteiger partial charge in [-0.2, -0.15) is 13.2 Å². The van der Waals surface area contributed by atoms with E-state index < -0.39 is 20.2 Å². The number of H-pyrrole nitrogens is 1. The lowest BCUT2D eigenvalue weighted by Crippen LogP contribution is -2.24. The predicted octanol–water partition coefficient (Wildman–Crippen LogP) is 3.16. The lowest BCUT2D eigenvalue weighted by Gasteiger charge is -2.23. The molecule has 0 saturated carbocycles. The third-order valence-corrected chi connectivity index (χ3v) is 5.86. The molecule has 3 rings (SSSR count). The van der Waals surface area contributed by atoms with Crippen LogP contribution in [0, 0.1) is 19.3 Å². The highest BCUT2D eigenvalue weighted by atomic mass is 32.2. The van der Waals surface area contributed by atoms with E-state index in [4.69, 9.17) is 6.42 Å². The number of sulfone groups is 1. The number of hydrogen-bond acceptors (Lipinski definition) is 5. The molecule has 2 aromatic carbocycles. The predicted molar refractivity (Wildman–Crippen MR) is 107 cm³/mol. The van der Waals surface area contributed by atoms with E-state index in [1.165, 1.54) is 12.1 Å². The number of alkyl halides is 3. The first kappa shape index (κ1) is 21.4. The lowest BCUT2D eigenvalue weighted by atomic mass is 10.1. The van der Waals surface area contributed by atoms with Crippen LogP contribution in [0.4, 0.5) is 18.9 Å². The second-order valence-corrected chi connectivity index (χ2v) is 8.45. The number of hydrogen-bond donors (Lipinski definition) is 1. The van der Waals surface area contributed by atoms with Crippen molar-refractivity contribution in [3.05, 3.63) is 64.2 Å². The van der Waals surface area contributed by atoms with Gasteiger partial charge in [-0.3, -0.25) is 4.79 Å². The molecule has 1 heterocycles. The molecule has 156 valence electrons. The van der Waals surface area contributed by atoms with Crippen LogP contribution in [0.3, 0.4) is 0 Å². The Bertz CT molecular complexity index is 1290. The van der Waals surface area contributed by atoms with Gasteiger partial charge in [0.05, 0.1) is 22.3 Å². The topological polar surface area (TPSA) is 83.1 Å². The van der Waals surface area contributed by atoms with Crippen molar-refractivity contribution in [1.82, 2.24) is 9.97 Å². The van der Waals surface area contributed by atoms with E-state index in [-0.39, 0.29) is 18.6 Å². The first-order valence-electron chi connectivity index (χ1n) is 8.62. The maximum absolute atomic E-state index is 12.7. The van der Waals surface area contributed by atoms with E-state index in [1.54, 1.807) is 30.0 Å². The smallest absolute Gasteiger partial charge is 0.356 e. The molecule has 1 N–H and O–H groups in total. The number of aromatic amines is 1. The fourth-order valence-electron chi connectivity index (χ4n) is 2.94. The summed E-state index contributed by atoms with van der Waals surface area (Å²) in [4.78, 5) is 19.8. The van der Waals surface area contributed by atoms with Crippen molar-refractivity contribution in [2.45, 2.75) is 23.9 Å². The van der Waals surface area contributed by atoms with Gasteiger partial charge in [-0.1, -0.05) is 12.0 Å². The zero-order valence-corrected chi connectivity index (χ0v) is 16.5. The molecule has 6 nitrogen and oxygen atoms in total. The molecule has 3 aromatic rings. The molecule has 0 amide bonds. The highest BCUT2D eigenvalue weighted by molar-refractivity contribution is 7.92. The number of anilines is 1. The van der Waals surface area contributed by atoms with Crippen LogP contribution >= 0.6 is 0 Å². The van der Waals surface area contributed by atoms with Crippen molar-refractivity contribution in [3.63, 3.8) is 0 Å². The van der Waals surface area contributed by atoms with Crippen molar-refractivity contribution < 1.29 is 21.6 Å². The molecule has 0 aliphatic rings. The number of halogens is 3. The molecule has 0 radical (unpaired) electrons. The summed E-state index contributed by atoms with van der Waals surface area (Å²) in [6.07, 6.45) is 5.41. The summed E-state index contributed by atoms with van der Waals surface area (Å²) >= 11 is 0. The number of terminal acetylenes is 1. The number of aromatic nitrogens is 2. The largest absolute Gasteiger partial charge is 0.501 e. The van der Waals surface area contributed by atoms with Gasteiger partial charge in [0, 0.05) is 12.2 Å². The fraction of sp³-hybridized carbons (Fsp3) is 0.200. The number of nitrogens with one attached hydrogen (secondary N) is 1. The minimum absolute atomic E-state index is 0.117. The van der Waals surface area contributed by atoms with Gasteiger partial charge in [-0.05, 0) is 48.9 Å². The lowest BCUT2D eigenvalue weighted by molar-refractivity contribution is -0.0436. The van der Waals surface area contributed by atoms with E-state index in [0.29, 0.717) is 22.4 Å². The highest BCUT2D eigenvalue weighted by Gasteiger charge is 2.46. The number of nitrogens with zero attached hydrogens (tertiary/aromatic N) is 2. The molecule has 1 aromatic heterocycles. The molecule has 0 atom stereocenters. The Kier molecular flexibility index (Phi) is 5.59. The molecule has 0 spiro atoms. The molecular weight excluding hydrogens is 419 g/mol. The van der Waals surface area contributed by atoms with Gasteiger partial charge in [0.2, 0.25) is 0 Å². The quantitative estimate of drug-likeness (QED) is 0.623. The Hall–Kier alpha value is -3.32. The monoisotopic (exact) mass is 435 g/mol. The molecule has 0 fully saturated rings. The van der Waals surface area contributed by atoms with Crippen LogP contribution in [0.25, 0.3) is 10.9 Å². The molecular formula is C20H16F3N3O3S. The molecule has 30 heavy (non-hydrogen) atoms. The number of benzene rings is 2. The molecule has 0 bridgehead atoms. The first-order valence-corrected chi connectivity index (χ1v) is 10.1. The Labute approximate surface area is 170 Å². The first-order chi connectivity index (χ1) is 14.0. The average Bonchev–Trinajstić information content (AvgIpc) is 2.67. The Morgan fingerprint density at radius 2 is 1.83 bits per heavy atom. The third-order valence-electron chi connectivity index (χ3n) is 4.36. The Morgan fingerprint density at radius 3 is 2.43 bits per heavy atom. The molecule has 0 saturated heterocycles. The minimum atomic E-state index is -5.43. The molecule has 10 heteroatoms. The summed E-state index contributed by atoms with van der Waals surface area (Å²) in [5.41, 5.74) is -3.97. The van der Waals surface area contributed by atoms with Gasteiger partial charge in [0.25, 0.3) is 15.4 Å². The SMILES string of the molecule is C#CCN(Cc1ccc2nc(C)[nH]c(=O)c2c1)c1ccc(S(=O)(=O)C(F)(F)F)cc1. The van der Waals surface area contributed by atoms with Gasteiger partial charge < -0.3 is 9.88 Å². The standard InChI is InChI=1S/C20H16F3N3O3S/c1-3-10-26(15-5-7-16(8-6-15)30(28,29)20(21,22)23)12-14-4-9-18-17(11-14)19(27)25-13(2)24-18/h1,4-9,11H,10,12H2,2H3,(H,24,25,27). The maximum atomic E-state index is 12.7. The summed E-state index contributed by atoms with van der Waals surface area (Å²) < 4.78 is 61.2. The van der Waals surface area contributed by atoms with Gasteiger partial charge in [0.1, 0.15) is 5.82 Å². The second-order valence-electron chi connectivity index (χ2n) is 6.51.